The van der Waals surface area contributed by atoms with Gasteiger partial charge in [-0.15, -0.1) is 11.3 Å². The van der Waals surface area contributed by atoms with Crippen LogP contribution in [0.15, 0.2) is 59.7 Å². The van der Waals surface area contributed by atoms with Crippen molar-refractivity contribution in [3.05, 3.63) is 92.6 Å². The second-order valence-electron chi connectivity index (χ2n) is 6.53. The van der Waals surface area contributed by atoms with Crippen molar-refractivity contribution in [1.82, 2.24) is 9.55 Å². The predicted molar refractivity (Wildman–Crippen MR) is 110 cm³/mol. The highest BCUT2D eigenvalue weighted by atomic mass is 32.1. The van der Waals surface area contributed by atoms with E-state index in [0.29, 0.717) is 32.7 Å². The van der Waals surface area contributed by atoms with Gasteiger partial charge >= 0.3 is 5.97 Å². The average Bonchev–Trinajstić information content (AvgIpc) is 3.09. The first-order chi connectivity index (χ1) is 14.5. The van der Waals surface area contributed by atoms with Crippen molar-refractivity contribution in [2.45, 2.75) is 13.5 Å². The first-order valence-electron chi connectivity index (χ1n) is 8.92. The number of thiophene rings is 1. The Bertz CT molecular complexity index is 1370. The molecule has 0 atom stereocenters. The monoisotopic (exact) mass is 419 g/mol. The molecule has 0 spiro atoms. The van der Waals surface area contributed by atoms with E-state index >= 15 is 0 Å². The Balaban J connectivity index is 1.67. The number of halogens is 1. The molecular formula is C22H14FN3O3S. The Hall–Kier alpha value is -3.83. The smallest absolute Gasteiger partial charge is 0.354 e. The quantitative estimate of drug-likeness (QED) is 0.368. The summed E-state index contributed by atoms with van der Waals surface area (Å²) in [6, 6.07) is 14.3. The number of rotatable bonds is 4. The molecule has 6 nitrogen and oxygen atoms in total. The number of ether oxygens (including phenoxy) is 1. The van der Waals surface area contributed by atoms with E-state index in [-0.39, 0.29) is 17.0 Å². The summed E-state index contributed by atoms with van der Waals surface area (Å²) >= 11 is 1.07. The van der Waals surface area contributed by atoms with Crippen LogP contribution in [0, 0.1) is 24.1 Å². The molecule has 0 saturated carbocycles. The molecule has 0 N–H and O–H groups in total. The SMILES string of the molecule is Cc1c(C(=O)Oc2ccc(C#N)cc2)sc2ncn(Cc3ccccc3F)c(=O)c12. The molecule has 0 amide bonds. The van der Waals surface area contributed by atoms with Crippen molar-refractivity contribution >= 4 is 27.5 Å². The van der Waals surface area contributed by atoms with E-state index in [9.17, 15) is 14.0 Å². The van der Waals surface area contributed by atoms with Gasteiger partial charge < -0.3 is 4.74 Å². The fraction of sp³-hybridized carbons (Fsp3) is 0.0909. The molecule has 0 bridgehead atoms. The Morgan fingerprint density at radius 3 is 2.67 bits per heavy atom. The minimum absolute atomic E-state index is 0.0365. The maximum Gasteiger partial charge on any atom is 0.354 e. The molecule has 2 aromatic heterocycles. The number of hydrogen-bond donors (Lipinski definition) is 0. The normalized spacial score (nSPS) is 10.7. The molecule has 148 valence electrons. The highest BCUT2D eigenvalue weighted by Crippen LogP contribution is 2.28. The van der Waals surface area contributed by atoms with E-state index in [1.165, 1.54) is 29.1 Å². The van der Waals surface area contributed by atoms with Crippen LogP contribution in [0.4, 0.5) is 4.39 Å². The number of esters is 1. The third-order valence-corrected chi connectivity index (χ3v) is 5.78. The Morgan fingerprint density at radius 2 is 1.97 bits per heavy atom. The highest BCUT2D eigenvalue weighted by molar-refractivity contribution is 7.20. The molecule has 0 radical (unpaired) electrons. The molecular weight excluding hydrogens is 405 g/mol. The van der Waals surface area contributed by atoms with Crippen LogP contribution in [0.25, 0.3) is 10.2 Å². The van der Waals surface area contributed by atoms with Gasteiger partial charge in [-0.05, 0) is 42.8 Å². The second kappa shape index (κ2) is 7.89. The van der Waals surface area contributed by atoms with Gasteiger partial charge in [-0.2, -0.15) is 5.26 Å². The van der Waals surface area contributed by atoms with Crippen LogP contribution in [-0.2, 0) is 6.54 Å². The molecule has 0 fully saturated rings. The largest absolute Gasteiger partial charge is 0.422 e. The zero-order valence-electron chi connectivity index (χ0n) is 15.8. The minimum Gasteiger partial charge on any atom is -0.422 e. The lowest BCUT2D eigenvalue weighted by molar-refractivity contribution is 0.0739. The first kappa shape index (κ1) is 19.5. The van der Waals surface area contributed by atoms with Crippen LogP contribution >= 0.6 is 11.3 Å². The van der Waals surface area contributed by atoms with Crippen LogP contribution in [0.3, 0.4) is 0 Å². The molecule has 0 saturated heterocycles. The molecule has 4 aromatic rings. The van der Waals surface area contributed by atoms with E-state index < -0.39 is 11.8 Å². The van der Waals surface area contributed by atoms with Gasteiger partial charge in [0.2, 0.25) is 0 Å². The first-order valence-corrected chi connectivity index (χ1v) is 9.74. The summed E-state index contributed by atoms with van der Waals surface area (Å²) in [4.78, 5) is 30.5. The molecule has 0 aliphatic rings. The maximum absolute atomic E-state index is 14.0. The van der Waals surface area contributed by atoms with Gasteiger partial charge in [0, 0.05) is 5.56 Å². The van der Waals surface area contributed by atoms with Gasteiger partial charge in [-0.1, -0.05) is 18.2 Å². The van der Waals surface area contributed by atoms with Crippen LogP contribution in [-0.4, -0.2) is 15.5 Å². The molecule has 0 aliphatic heterocycles. The fourth-order valence-electron chi connectivity index (χ4n) is 3.03. The second-order valence-corrected chi connectivity index (χ2v) is 7.53. The van der Waals surface area contributed by atoms with Crippen molar-refractivity contribution in [2.24, 2.45) is 0 Å². The summed E-state index contributed by atoms with van der Waals surface area (Å²) in [6.45, 7) is 1.69. The molecule has 8 heteroatoms. The number of fused-ring (bicyclic) bond motifs is 1. The van der Waals surface area contributed by atoms with Gasteiger partial charge in [-0.25, -0.2) is 14.2 Å². The number of nitriles is 1. The van der Waals surface area contributed by atoms with E-state index in [4.69, 9.17) is 10.00 Å². The van der Waals surface area contributed by atoms with E-state index in [0.717, 1.165) is 11.3 Å². The summed E-state index contributed by atoms with van der Waals surface area (Å²) in [6.07, 6.45) is 1.35. The topological polar surface area (TPSA) is 85.0 Å². The van der Waals surface area contributed by atoms with Gasteiger partial charge in [0.15, 0.2) is 0 Å². The standard InChI is InChI=1S/C22H14FN3O3S/c1-13-18-20(25-12-26(21(18)27)11-15-4-2-3-5-17(15)23)30-19(13)22(28)29-16-8-6-14(10-24)7-9-16/h2-9,12H,11H2,1H3. The lowest BCUT2D eigenvalue weighted by Gasteiger charge is -2.06. The summed E-state index contributed by atoms with van der Waals surface area (Å²) in [5.41, 5.74) is 0.935. The van der Waals surface area contributed by atoms with Gasteiger partial charge in [-0.3, -0.25) is 9.36 Å². The van der Waals surface area contributed by atoms with Gasteiger partial charge in [0.1, 0.15) is 21.3 Å². The van der Waals surface area contributed by atoms with E-state index in [1.54, 1.807) is 37.3 Å². The van der Waals surface area contributed by atoms with Gasteiger partial charge in [0.25, 0.3) is 5.56 Å². The van der Waals surface area contributed by atoms with Crippen molar-refractivity contribution in [1.29, 1.82) is 5.26 Å². The highest BCUT2D eigenvalue weighted by Gasteiger charge is 2.21. The Labute approximate surface area is 174 Å². The molecule has 2 heterocycles. The van der Waals surface area contributed by atoms with Crippen molar-refractivity contribution in [3.63, 3.8) is 0 Å². The number of carbonyl (C=O) groups is 1. The lowest BCUT2D eigenvalue weighted by atomic mass is 10.2. The summed E-state index contributed by atoms with van der Waals surface area (Å²) < 4.78 is 20.6. The average molecular weight is 419 g/mol. The Morgan fingerprint density at radius 1 is 1.23 bits per heavy atom. The summed E-state index contributed by atoms with van der Waals surface area (Å²) in [5.74, 6) is -0.723. The van der Waals surface area contributed by atoms with Crippen LogP contribution in [0.1, 0.15) is 26.4 Å². The number of aryl methyl sites for hydroxylation is 1. The van der Waals surface area contributed by atoms with Crippen LogP contribution < -0.4 is 10.3 Å². The number of hydrogen-bond acceptors (Lipinski definition) is 6. The maximum atomic E-state index is 14.0. The molecule has 0 unspecified atom stereocenters. The van der Waals surface area contributed by atoms with Crippen molar-refractivity contribution < 1.29 is 13.9 Å². The number of aromatic nitrogens is 2. The molecule has 4 rings (SSSR count). The van der Waals surface area contributed by atoms with Crippen LogP contribution in [0.5, 0.6) is 5.75 Å². The lowest BCUT2D eigenvalue weighted by Crippen LogP contribution is -2.21. The minimum atomic E-state index is -0.611. The van der Waals surface area contributed by atoms with Crippen molar-refractivity contribution in [3.8, 4) is 11.8 Å². The molecule has 0 aliphatic carbocycles. The fourth-order valence-corrected chi connectivity index (χ4v) is 4.04. The summed E-state index contributed by atoms with van der Waals surface area (Å²) in [5, 5.41) is 9.16. The third-order valence-electron chi connectivity index (χ3n) is 4.60. The number of nitrogens with zero attached hydrogens (tertiary/aromatic N) is 3. The molecule has 2 aromatic carbocycles. The molecule has 30 heavy (non-hydrogen) atoms. The van der Waals surface area contributed by atoms with Crippen LogP contribution in [0.2, 0.25) is 0 Å². The third kappa shape index (κ3) is 3.58. The van der Waals surface area contributed by atoms with Crippen molar-refractivity contribution in [2.75, 3.05) is 0 Å². The predicted octanol–water partition coefficient (Wildman–Crippen LogP) is 4.04. The number of benzene rings is 2. The number of carbonyl (C=O) groups excluding carboxylic acids is 1. The summed E-state index contributed by atoms with van der Waals surface area (Å²) in [7, 11) is 0. The Kier molecular flexibility index (Phi) is 5.12. The zero-order chi connectivity index (χ0) is 21.3. The van der Waals surface area contributed by atoms with Gasteiger partial charge in [0.05, 0.1) is 29.9 Å². The zero-order valence-corrected chi connectivity index (χ0v) is 16.6. The van der Waals surface area contributed by atoms with E-state index in [1.807, 2.05) is 6.07 Å². The van der Waals surface area contributed by atoms with E-state index in [2.05, 4.69) is 4.98 Å².